The topological polar surface area (TPSA) is 39.7 Å². The van der Waals surface area contributed by atoms with Gasteiger partial charge in [0.1, 0.15) is 0 Å². The van der Waals surface area contributed by atoms with Gasteiger partial charge in [-0.15, -0.1) is 24.0 Å². The van der Waals surface area contributed by atoms with Gasteiger partial charge in [0.15, 0.2) is 5.96 Å². The molecule has 154 valence electrons. The molecule has 1 aromatic carbocycles. The lowest BCUT2D eigenvalue weighted by molar-refractivity contribution is 0.185. The van der Waals surface area contributed by atoms with E-state index in [1.165, 1.54) is 55.7 Å². The minimum absolute atomic E-state index is 0. The molecule has 4 nitrogen and oxygen atoms in total. The third-order valence-electron chi connectivity index (χ3n) is 5.03. The summed E-state index contributed by atoms with van der Waals surface area (Å²) >= 11 is 1.91. The van der Waals surface area contributed by atoms with E-state index >= 15 is 0 Å². The molecule has 1 saturated heterocycles. The summed E-state index contributed by atoms with van der Waals surface area (Å²) in [4.78, 5) is 6.91. The van der Waals surface area contributed by atoms with Gasteiger partial charge < -0.3 is 10.6 Å². The molecule has 0 radical (unpaired) electrons. The first kappa shape index (κ1) is 24.6. The first-order chi connectivity index (χ1) is 12.7. The Kier molecular flexibility index (Phi) is 13.2. The average Bonchev–Trinajstić information content (AvgIpc) is 2.66. The maximum atomic E-state index is 4.32. The highest BCUT2D eigenvalue weighted by molar-refractivity contribution is 14.0. The predicted octanol–water partition coefficient (Wildman–Crippen LogP) is 4.34. The number of piperidine rings is 1. The number of halogens is 1. The van der Waals surface area contributed by atoms with Crippen molar-refractivity contribution in [2.75, 3.05) is 38.7 Å². The summed E-state index contributed by atoms with van der Waals surface area (Å²) in [5, 5.41) is 6.84. The summed E-state index contributed by atoms with van der Waals surface area (Å²) < 4.78 is 0. The van der Waals surface area contributed by atoms with Crippen LogP contribution in [0, 0.1) is 5.92 Å². The van der Waals surface area contributed by atoms with Crippen LogP contribution >= 0.6 is 35.7 Å². The van der Waals surface area contributed by atoms with Crippen LogP contribution in [-0.2, 0) is 13.1 Å². The fourth-order valence-corrected chi connectivity index (χ4v) is 3.79. The first-order valence-electron chi connectivity index (χ1n) is 9.95. The summed E-state index contributed by atoms with van der Waals surface area (Å²) in [5.41, 5.74) is 2.73. The number of guanidine groups is 1. The molecule has 0 aromatic heterocycles. The standard InChI is InChI=1S/C21H36N4S.HI/c1-18-9-12-25(13-10-18)17-20-8-6-7-19(15-20)16-24-21(22-2)23-11-4-5-14-26-3;/h6-8,15,18H,4-5,9-14,16-17H2,1-3H3,(H2,22,23,24);1H. The number of thioether (sulfide) groups is 1. The molecule has 0 aliphatic carbocycles. The molecule has 1 fully saturated rings. The molecular formula is C21H37IN4S. The number of hydrogen-bond donors (Lipinski definition) is 2. The lowest BCUT2D eigenvalue weighted by Crippen LogP contribution is -2.37. The van der Waals surface area contributed by atoms with Crippen LogP contribution in [-0.4, -0.2) is 49.6 Å². The Hall–Kier alpha value is -0.470. The largest absolute Gasteiger partial charge is 0.356 e. The van der Waals surface area contributed by atoms with Gasteiger partial charge in [0.2, 0.25) is 0 Å². The lowest BCUT2D eigenvalue weighted by atomic mass is 9.98. The number of benzene rings is 1. The predicted molar refractivity (Wildman–Crippen MR) is 131 cm³/mol. The van der Waals surface area contributed by atoms with Crippen molar-refractivity contribution in [3.05, 3.63) is 35.4 Å². The van der Waals surface area contributed by atoms with E-state index in [0.29, 0.717) is 0 Å². The van der Waals surface area contributed by atoms with Gasteiger partial charge in [0, 0.05) is 26.7 Å². The Labute approximate surface area is 187 Å². The highest BCUT2D eigenvalue weighted by Gasteiger charge is 2.15. The molecule has 0 bridgehead atoms. The van der Waals surface area contributed by atoms with Gasteiger partial charge in [-0.3, -0.25) is 9.89 Å². The van der Waals surface area contributed by atoms with Gasteiger partial charge in [-0.05, 0) is 67.8 Å². The number of hydrogen-bond acceptors (Lipinski definition) is 3. The van der Waals surface area contributed by atoms with E-state index < -0.39 is 0 Å². The Morgan fingerprint density at radius 2 is 1.93 bits per heavy atom. The number of rotatable bonds is 9. The number of nitrogens with zero attached hydrogens (tertiary/aromatic N) is 2. The molecule has 0 saturated carbocycles. The van der Waals surface area contributed by atoms with Crippen molar-refractivity contribution in [2.24, 2.45) is 10.9 Å². The van der Waals surface area contributed by atoms with E-state index in [9.17, 15) is 0 Å². The van der Waals surface area contributed by atoms with Gasteiger partial charge in [-0.1, -0.05) is 31.2 Å². The molecule has 0 unspecified atom stereocenters. The Bertz CT molecular complexity index is 545. The van der Waals surface area contributed by atoms with Gasteiger partial charge in [-0.2, -0.15) is 11.8 Å². The molecule has 0 spiro atoms. The summed E-state index contributed by atoms with van der Waals surface area (Å²) in [6, 6.07) is 8.95. The molecule has 0 amide bonds. The molecule has 1 aromatic rings. The fourth-order valence-electron chi connectivity index (χ4n) is 3.30. The normalized spacial score (nSPS) is 16.0. The van der Waals surface area contributed by atoms with Crippen LogP contribution in [0.4, 0.5) is 0 Å². The van der Waals surface area contributed by atoms with Gasteiger partial charge in [0.05, 0.1) is 0 Å². The zero-order valence-electron chi connectivity index (χ0n) is 17.2. The van der Waals surface area contributed by atoms with E-state index in [-0.39, 0.29) is 24.0 Å². The van der Waals surface area contributed by atoms with Crippen molar-refractivity contribution in [3.8, 4) is 0 Å². The summed E-state index contributed by atoms with van der Waals surface area (Å²) in [7, 11) is 1.84. The van der Waals surface area contributed by atoms with Crippen molar-refractivity contribution >= 4 is 41.7 Å². The third-order valence-corrected chi connectivity index (χ3v) is 5.72. The van der Waals surface area contributed by atoms with Gasteiger partial charge in [0.25, 0.3) is 0 Å². The smallest absolute Gasteiger partial charge is 0.191 e. The SMILES string of the molecule is CN=C(NCCCCSC)NCc1cccc(CN2CCC(C)CC2)c1.I. The molecule has 0 atom stereocenters. The maximum absolute atomic E-state index is 4.32. The van der Waals surface area contributed by atoms with Crippen molar-refractivity contribution in [2.45, 2.75) is 45.7 Å². The van der Waals surface area contributed by atoms with Crippen LogP contribution in [0.15, 0.2) is 29.3 Å². The maximum Gasteiger partial charge on any atom is 0.191 e. The van der Waals surface area contributed by atoms with Crippen LogP contribution in [0.25, 0.3) is 0 Å². The minimum Gasteiger partial charge on any atom is -0.356 e. The molecule has 27 heavy (non-hydrogen) atoms. The van der Waals surface area contributed by atoms with Crippen molar-refractivity contribution in [1.29, 1.82) is 0 Å². The van der Waals surface area contributed by atoms with Crippen molar-refractivity contribution in [3.63, 3.8) is 0 Å². The van der Waals surface area contributed by atoms with Crippen LogP contribution < -0.4 is 10.6 Å². The lowest BCUT2D eigenvalue weighted by Gasteiger charge is -2.30. The van der Waals surface area contributed by atoms with E-state index in [4.69, 9.17) is 0 Å². The highest BCUT2D eigenvalue weighted by atomic mass is 127. The Morgan fingerprint density at radius 1 is 1.19 bits per heavy atom. The quantitative estimate of drug-likeness (QED) is 0.227. The molecule has 2 N–H and O–H groups in total. The minimum atomic E-state index is 0. The number of aliphatic imine (C=N–C) groups is 1. The molecular weight excluding hydrogens is 467 g/mol. The number of nitrogens with one attached hydrogen (secondary N) is 2. The molecule has 1 heterocycles. The van der Waals surface area contributed by atoms with Gasteiger partial charge in [-0.25, -0.2) is 0 Å². The monoisotopic (exact) mass is 504 g/mol. The number of likely N-dealkylation sites (tertiary alicyclic amines) is 1. The third kappa shape index (κ3) is 10.0. The van der Waals surface area contributed by atoms with Crippen molar-refractivity contribution in [1.82, 2.24) is 15.5 Å². The summed E-state index contributed by atoms with van der Waals surface area (Å²) in [6.45, 7) is 7.70. The molecule has 6 heteroatoms. The second kappa shape index (κ2) is 14.5. The Balaban J connectivity index is 0.00000364. The first-order valence-corrected chi connectivity index (χ1v) is 11.3. The zero-order chi connectivity index (χ0) is 18.6. The van der Waals surface area contributed by atoms with Crippen LogP contribution in [0.3, 0.4) is 0 Å². The molecule has 1 aliphatic rings. The number of unbranched alkanes of at least 4 members (excludes halogenated alkanes) is 1. The fraction of sp³-hybridized carbons (Fsp3) is 0.667. The molecule has 1 aliphatic heterocycles. The van der Waals surface area contributed by atoms with Crippen LogP contribution in [0.5, 0.6) is 0 Å². The van der Waals surface area contributed by atoms with Crippen LogP contribution in [0.2, 0.25) is 0 Å². The summed E-state index contributed by atoms with van der Waals surface area (Å²) in [6.07, 6.45) is 7.27. The second-order valence-electron chi connectivity index (χ2n) is 7.33. The second-order valence-corrected chi connectivity index (χ2v) is 8.32. The van der Waals surface area contributed by atoms with E-state index in [0.717, 1.165) is 31.5 Å². The highest BCUT2D eigenvalue weighted by Crippen LogP contribution is 2.18. The van der Waals surface area contributed by atoms with E-state index in [1.807, 2.05) is 18.8 Å². The molecule has 2 rings (SSSR count). The van der Waals surface area contributed by atoms with E-state index in [2.05, 4.69) is 58.0 Å². The Morgan fingerprint density at radius 3 is 2.63 bits per heavy atom. The van der Waals surface area contributed by atoms with Crippen molar-refractivity contribution < 1.29 is 0 Å². The van der Waals surface area contributed by atoms with Gasteiger partial charge >= 0.3 is 0 Å². The van der Waals surface area contributed by atoms with E-state index in [1.54, 1.807) is 0 Å². The van der Waals surface area contributed by atoms with Crippen LogP contribution in [0.1, 0.15) is 43.7 Å². The zero-order valence-corrected chi connectivity index (χ0v) is 20.3. The summed E-state index contributed by atoms with van der Waals surface area (Å²) in [5.74, 6) is 3.02. The average molecular weight is 505 g/mol.